The monoisotopic (exact) mass is 287 g/mol. The fourth-order valence-electron chi connectivity index (χ4n) is 1.51. The molecule has 1 aromatic carbocycles. The minimum Gasteiger partial charge on any atom is -0.488 e. The number of nitrogens with zero attached hydrogens (tertiary/aromatic N) is 1. The van der Waals surface area contributed by atoms with Crippen LogP contribution >= 0.6 is 11.6 Å². The normalized spacial score (nSPS) is 11.4. The van der Waals surface area contributed by atoms with Gasteiger partial charge in [0.25, 0.3) is 0 Å². The van der Waals surface area contributed by atoms with Crippen molar-refractivity contribution in [1.82, 2.24) is 4.98 Å². The van der Waals surface area contributed by atoms with Crippen LogP contribution in [-0.4, -0.2) is 4.98 Å². The molecule has 0 aliphatic carbocycles. The van der Waals surface area contributed by atoms with Gasteiger partial charge < -0.3 is 4.74 Å². The zero-order chi connectivity index (χ0) is 13.9. The summed E-state index contributed by atoms with van der Waals surface area (Å²) in [5, 5.41) is 0.215. The van der Waals surface area contributed by atoms with Crippen molar-refractivity contribution in [1.29, 1.82) is 0 Å². The number of aromatic nitrogens is 1. The third-order valence-corrected chi connectivity index (χ3v) is 2.75. The van der Waals surface area contributed by atoms with Crippen molar-refractivity contribution in [3.05, 3.63) is 58.9 Å². The number of ether oxygens (including phenoxy) is 1. The van der Waals surface area contributed by atoms with Gasteiger partial charge in [0.1, 0.15) is 17.5 Å². The Balaban J connectivity index is 2.19. The molecule has 0 aliphatic rings. The maximum Gasteiger partial charge on any atom is 0.419 e. The van der Waals surface area contributed by atoms with Crippen LogP contribution in [0.1, 0.15) is 11.1 Å². The van der Waals surface area contributed by atoms with Crippen LogP contribution in [0.25, 0.3) is 0 Å². The van der Waals surface area contributed by atoms with E-state index in [9.17, 15) is 13.2 Å². The molecule has 0 atom stereocenters. The largest absolute Gasteiger partial charge is 0.488 e. The van der Waals surface area contributed by atoms with Gasteiger partial charge in [0.05, 0.1) is 5.56 Å². The third-order valence-electron chi connectivity index (χ3n) is 2.41. The second-order valence-electron chi connectivity index (χ2n) is 3.74. The highest BCUT2D eigenvalue weighted by Crippen LogP contribution is 2.36. The Kier molecular flexibility index (Phi) is 3.95. The molecule has 0 amide bonds. The van der Waals surface area contributed by atoms with E-state index in [-0.39, 0.29) is 17.5 Å². The van der Waals surface area contributed by atoms with E-state index in [2.05, 4.69) is 4.98 Å². The molecule has 0 radical (unpaired) electrons. The molecule has 6 heteroatoms. The summed E-state index contributed by atoms with van der Waals surface area (Å²) >= 11 is 5.81. The summed E-state index contributed by atoms with van der Waals surface area (Å²) in [6, 6.07) is 8.32. The van der Waals surface area contributed by atoms with Crippen LogP contribution in [0, 0.1) is 0 Å². The second kappa shape index (κ2) is 5.48. The fourth-order valence-corrected chi connectivity index (χ4v) is 1.68. The lowest BCUT2D eigenvalue weighted by atomic mass is 10.2. The van der Waals surface area contributed by atoms with E-state index in [0.717, 1.165) is 6.07 Å². The number of hydrogen-bond acceptors (Lipinski definition) is 2. The first-order valence-electron chi connectivity index (χ1n) is 5.37. The summed E-state index contributed by atoms with van der Waals surface area (Å²) in [7, 11) is 0. The van der Waals surface area contributed by atoms with Gasteiger partial charge in [-0.15, -0.1) is 0 Å². The van der Waals surface area contributed by atoms with Gasteiger partial charge in [-0.3, -0.25) is 0 Å². The van der Waals surface area contributed by atoms with Crippen molar-refractivity contribution >= 4 is 11.6 Å². The Morgan fingerprint density at radius 3 is 2.53 bits per heavy atom. The minimum absolute atomic E-state index is 0.0697. The SMILES string of the molecule is FC(F)(F)c1ccccc1OCc1cccnc1Cl. The number of benzene rings is 1. The first-order chi connectivity index (χ1) is 8.98. The van der Waals surface area contributed by atoms with Gasteiger partial charge in [-0.2, -0.15) is 13.2 Å². The molecule has 2 rings (SSSR count). The first kappa shape index (κ1) is 13.7. The minimum atomic E-state index is -4.45. The van der Waals surface area contributed by atoms with Crippen LogP contribution < -0.4 is 4.74 Å². The van der Waals surface area contributed by atoms with E-state index in [1.807, 2.05) is 0 Å². The molecule has 2 nitrogen and oxygen atoms in total. The quantitative estimate of drug-likeness (QED) is 0.784. The molecular formula is C13H9ClF3NO. The van der Waals surface area contributed by atoms with E-state index in [4.69, 9.17) is 16.3 Å². The molecule has 0 fully saturated rings. The Morgan fingerprint density at radius 2 is 1.84 bits per heavy atom. The lowest BCUT2D eigenvalue weighted by Crippen LogP contribution is -2.08. The molecular weight excluding hydrogens is 279 g/mol. The summed E-state index contributed by atoms with van der Waals surface area (Å²) in [5.41, 5.74) is -0.281. The Hall–Kier alpha value is -1.75. The molecule has 0 bridgehead atoms. The first-order valence-corrected chi connectivity index (χ1v) is 5.74. The molecule has 100 valence electrons. The molecule has 0 N–H and O–H groups in total. The number of hydrogen-bond donors (Lipinski definition) is 0. The van der Waals surface area contributed by atoms with E-state index in [1.54, 1.807) is 12.1 Å². The lowest BCUT2D eigenvalue weighted by Gasteiger charge is -2.13. The van der Waals surface area contributed by atoms with E-state index in [0.29, 0.717) is 5.56 Å². The van der Waals surface area contributed by atoms with Gasteiger partial charge in [0.2, 0.25) is 0 Å². The standard InChI is InChI=1S/C13H9ClF3NO/c14-12-9(4-3-7-18-12)8-19-11-6-2-1-5-10(11)13(15,16)17/h1-7H,8H2. The molecule has 0 saturated carbocycles. The van der Waals surface area contributed by atoms with Crippen molar-refractivity contribution in [3.63, 3.8) is 0 Å². The number of pyridine rings is 1. The summed E-state index contributed by atoms with van der Waals surface area (Å²) in [5.74, 6) is -0.227. The van der Waals surface area contributed by atoms with Gasteiger partial charge in [-0.05, 0) is 18.2 Å². The van der Waals surface area contributed by atoms with Gasteiger partial charge in [0, 0.05) is 11.8 Å². The van der Waals surface area contributed by atoms with Crippen LogP contribution in [0.5, 0.6) is 5.75 Å². The van der Waals surface area contributed by atoms with Crippen LogP contribution in [-0.2, 0) is 12.8 Å². The molecule has 1 aromatic heterocycles. The zero-order valence-corrected chi connectivity index (χ0v) is 10.4. The van der Waals surface area contributed by atoms with Crippen LogP contribution in [0.15, 0.2) is 42.6 Å². The molecule has 0 spiro atoms. The average molecular weight is 288 g/mol. The fraction of sp³-hybridized carbons (Fsp3) is 0.154. The smallest absolute Gasteiger partial charge is 0.419 e. The van der Waals surface area contributed by atoms with Crippen molar-refractivity contribution in [3.8, 4) is 5.75 Å². The van der Waals surface area contributed by atoms with Gasteiger partial charge in [-0.25, -0.2) is 4.98 Å². The van der Waals surface area contributed by atoms with Gasteiger partial charge >= 0.3 is 6.18 Å². The third kappa shape index (κ3) is 3.38. The molecule has 1 heterocycles. The maximum atomic E-state index is 12.7. The summed E-state index contributed by atoms with van der Waals surface area (Å²) < 4.78 is 43.4. The van der Waals surface area contributed by atoms with E-state index >= 15 is 0 Å². The van der Waals surface area contributed by atoms with E-state index in [1.165, 1.54) is 24.4 Å². The van der Waals surface area contributed by atoms with E-state index < -0.39 is 11.7 Å². The van der Waals surface area contributed by atoms with Crippen molar-refractivity contribution in [2.75, 3.05) is 0 Å². The number of rotatable bonds is 3. The predicted octanol–water partition coefficient (Wildman–Crippen LogP) is 4.33. The van der Waals surface area contributed by atoms with Crippen LogP contribution in [0.2, 0.25) is 5.15 Å². The topological polar surface area (TPSA) is 22.1 Å². The molecule has 19 heavy (non-hydrogen) atoms. The van der Waals surface area contributed by atoms with Crippen molar-refractivity contribution in [2.45, 2.75) is 12.8 Å². The summed E-state index contributed by atoms with van der Waals surface area (Å²) in [6.45, 7) is -0.0697. The molecule has 0 saturated heterocycles. The summed E-state index contributed by atoms with van der Waals surface area (Å²) in [4.78, 5) is 3.83. The van der Waals surface area contributed by atoms with Crippen molar-refractivity contribution < 1.29 is 17.9 Å². The number of alkyl halides is 3. The Labute approximate surface area is 112 Å². The highest BCUT2D eigenvalue weighted by atomic mass is 35.5. The van der Waals surface area contributed by atoms with Gasteiger partial charge in [-0.1, -0.05) is 29.8 Å². The lowest BCUT2D eigenvalue weighted by molar-refractivity contribution is -0.139. The van der Waals surface area contributed by atoms with Crippen LogP contribution in [0.4, 0.5) is 13.2 Å². The Morgan fingerprint density at radius 1 is 1.11 bits per heavy atom. The summed E-state index contributed by atoms with van der Waals surface area (Å²) in [6.07, 6.45) is -2.95. The molecule has 0 unspecified atom stereocenters. The number of para-hydroxylation sites is 1. The highest BCUT2D eigenvalue weighted by molar-refractivity contribution is 6.30. The maximum absolute atomic E-state index is 12.7. The predicted molar refractivity (Wildman–Crippen MR) is 65.0 cm³/mol. The van der Waals surface area contributed by atoms with Crippen molar-refractivity contribution in [2.24, 2.45) is 0 Å². The van der Waals surface area contributed by atoms with Crippen LogP contribution in [0.3, 0.4) is 0 Å². The Bertz CT molecular complexity index is 572. The molecule has 2 aromatic rings. The zero-order valence-electron chi connectivity index (χ0n) is 9.62. The van der Waals surface area contributed by atoms with Gasteiger partial charge in [0.15, 0.2) is 0 Å². The molecule has 0 aliphatic heterocycles. The average Bonchev–Trinajstić information content (AvgIpc) is 2.37. The highest BCUT2D eigenvalue weighted by Gasteiger charge is 2.34. The number of halogens is 4. The second-order valence-corrected chi connectivity index (χ2v) is 4.09.